The number of piperazine rings is 1. The first kappa shape index (κ1) is 54.2. The molecule has 1 aromatic carbocycles. The molecule has 2 aromatic rings. The van der Waals surface area contributed by atoms with Crippen LogP contribution >= 0.6 is 0 Å². The van der Waals surface area contributed by atoms with Crippen LogP contribution in [0.5, 0.6) is 0 Å². The molecular weight excluding hydrogens is 902 g/mol. The number of likely N-dealkylation sites (N-methyl/N-ethyl adjacent to an activating group) is 1. The number of hydrogen-bond acceptors (Lipinski definition) is 16. The second-order valence-electron chi connectivity index (χ2n) is 20.7. The van der Waals surface area contributed by atoms with Gasteiger partial charge in [0.2, 0.25) is 11.3 Å². The van der Waals surface area contributed by atoms with E-state index in [2.05, 4.69) is 5.32 Å². The van der Waals surface area contributed by atoms with Gasteiger partial charge >= 0.3 is 11.9 Å². The second kappa shape index (κ2) is 21.7. The summed E-state index contributed by atoms with van der Waals surface area (Å²) in [4.78, 5) is 72.6. The topological polar surface area (TPSA) is 250 Å². The van der Waals surface area contributed by atoms with E-state index >= 15 is 4.39 Å². The van der Waals surface area contributed by atoms with E-state index in [9.17, 15) is 49.5 Å². The highest BCUT2D eigenvalue weighted by Gasteiger charge is 2.51. The number of rotatable bonds is 12. The van der Waals surface area contributed by atoms with Crippen LogP contribution in [0.3, 0.4) is 0 Å². The number of β-amino-alcohol motifs (C(OH)–C–C–N with tert-alkyl or cyclic N) is 1. The Morgan fingerprint density at radius 2 is 1.67 bits per heavy atom. The number of Topliss-reactive ketones (excluding diaryl/α,β-unsaturated/α-hetero) is 1. The van der Waals surface area contributed by atoms with Gasteiger partial charge in [-0.15, -0.1) is 0 Å². The van der Waals surface area contributed by atoms with Crippen LogP contribution in [-0.2, 0) is 33.3 Å². The quantitative estimate of drug-likeness (QED) is 0.132. The highest BCUT2D eigenvalue weighted by Crippen LogP contribution is 2.39. The van der Waals surface area contributed by atoms with Crippen LogP contribution in [0.1, 0.15) is 104 Å². The van der Waals surface area contributed by atoms with E-state index in [1.165, 1.54) is 27.0 Å². The number of halogens is 1. The predicted octanol–water partition coefficient (Wildman–Crippen LogP) is 2.06. The van der Waals surface area contributed by atoms with Crippen molar-refractivity contribution in [2.75, 3.05) is 58.3 Å². The van der Waals surface area contributed by atoms with Crippen LogP contribution in [0.15, 0.2) is 23.1 Å². The summed E-state index contributed by atoms with van der Waals surface area (Å²) >= 11 is 0. The number of cyclic esters (lactones) is 1. The summed E-state index contributed by atoms with van der Waals surface area (Å²) in [7, 11) is 3.64. The molecule has 4 heterocycles. The van der Waals surface area contributed by atoms with Crippen molar-refractivity contribution < 1.29 is 68.0 Å². The molecule has 1 saturated carbocycles. The lowest BCUT2D eigenvalue weighted by Gasteiger charge is -2.47. The summed E-state index contributed by atoms with van der Waals surface area (Å²) in [5, 5.41) is 58.7. The van der Waals surface area contributed by atoms with E-state index in [4.69, 9.17) is 18.9 Å². The van der Waals surface area contributed by atoms with Crippen molar-refractivity contribution in [3.63, 3.8) is 0 Å². The largest absolute Gasteiger partial charge is 0.477 e. The Labute approximate surface area is 402 Å². The standard InChI is InChI=1S/C49H74FN5O14/c1-11-38-49(8,65)42(60)29(6)44(61)51-25(2)21-48(7,43(27(4)39(57)28(5)46(64)68-38)69-47-41(59)37(52(9)10)18-26(3)67-47)66-24-31(56)22-53-14-16-54(17-15-53)36-20-35-32(19-34(36)50)40(58)33(45(62)63)23-55(35)30-12-13-30/h19-20,23,25-31,37-38,41-43,47,56,59-60,65H,11-18,21-22,24H2,1-10H3,(H,51,61)(H,62,63)/t25-,26-,27+,28-,29-,31?,37+,38-,41-,42-,43-,47+,48-,49-/m1/s1. The van der Waals surface area contributed by atoms with Crippen LogP contribution in [0.25, 0.3) is 10.9 Å². The zero-order valence-corrected chi connectivity index (χ0v) is 41.6. The number of ketones is 1. The molecule has 14 atom stereocenters. The molecule has 1 unspecified atom stereocenters. The number of fused-ring (bicyclic) bond motifs is 1. The van der Waals surface area contributed by atoms with E-state index in [-0.39, 0.29) is 49.2 Å². The first-order chi connectivity index (χ1) is 32.3. The molecule has 1 aromatic heterocycles. The molecule has 1 aliphatic carbocycles. The molecule has 0 radical (unpaired) electrons. The van der Waals surface area contributed by atoms with Gasteiger partial charge in [-0.2, -0.15) is 0 Å². The van der Waals surface area contributed by atoms with E-state index in [1.54, 1.807) is 38.3 Å². The number of carboxylic acid groups (broad SMARTS) is 1. The van der Waals surface area contributed by atoms with Crippen molar-refractivity contribution in [2.45, 2.75) is 160 Å². The van der Waals surface area contributed by atoms with Crippen molar-refractivity contribution in [3.05, 3.63) is 39.9 Å². The molecule has 19 nitrogen and oxygen atoms in total. The molecule has 4 aliphatic rings. The summed E-state index contributed by atoms with van der Waals surface area (Å²) in [6.45, 7) is 13.9. The van der Waals surface area contributed by atoms with Crippen LogP contribution < -0.4 is 15.6 Å². The number of benzene rings is 1. The monoisotopic (exact) mass is 976 g/mol. The number of esters is 1. The summed E-state index contributed by atoms with van der Waals surface area (Å²) < 4.78 is 42.8. The number of carbonyl (C=O) groups is 4. The smallest absolute Gasteiger partial charge is 0.341 e. The minimum absolute atomic E-state index is 0.00379. The number of carboxylic acids is 1. The van der Waals surface area contributed by atoms with Crippen LogP contribution in [0, 0.1) is 23.6 Å². The summed E-state index contributed by atoms with van der Waals surface area (Å²) in [5.41, 5.74) is -4.05. The highest BCUT2D eigenvalue weighted by molar-refractivity contribution is 6.00. The zero-order valence-electron chi connectivity index (χ0n) is 41.6. The number of pyridine rings is 1. The van der Waals surface area contributed by atoms with Gasteiger partial charge in [-0.1, -0.05) is 20.8 Å². The fourth-order valence-electron chi connectivity index (χ4n) is 10.5. The fourth-order valence-corrected chi connectivity index (χ4v) is 10.5. The van der Waals surface area contributed by atoms with Crippen molar-refractivity contribution in [1.29, 1.82) is 0 Å². The maximum Gasteiger partial charge on any atom is 0.341 e. The van der Waals surface area contributed by atoms with E-state index in [0.717, 1.165) is 18.9 Å². The van der Waals surface area contributed by atoms with Crippen molar-refractivity contribution in [1.82, 2.24) is 19.7 Å². The normalized spacial score (nSPS) is 35.3. The molecular formula is C49H74FN5O14. The van der Waals surface area contributed by atoms with Gasteiger partial charge in [-0.05, 0) is 93.0 Å². The number of amides is 1. The van der Waals surface area contributed by atoms with Crippen molar-refractivity contribution >= 4 is 40.2 Å². The summed E-state index contributed by atoms with van der Waals surface area (Å²) in [5.74, 6) is -7.96. The third-order valence-corrected chi connectivity index (χ3v) is 14.8. The number of ether oxygens (including phenoxy) is 4. The molecule has 386 valence electrons. The van der Waals surface area contributed by atoms with Gasteiger partial charge in [-0.25, -0.2) is 9.18 Å². The van der Waals surface area contributed by atoms with Crippen molar-refractivity contribution in [3.8, 4) is 0 Å². The SMILES string of the molecule is CC[C@H]1OC(=O)[C@H](C)C(=O)[C@H](C)[C@@H](O[C@@H]2O[C@H](C)C[C@H](N(C)C)[C@H]2O)[C@](C)(OCC(O)CN2CCN(c3cc4c(cc3F)c(=O)c(C(=O)O)cn4C3CC3)CC2)C[C@@H](C)NC(=O)[C@H](C)[C@@H](O)[C@]1(C)O. The van der Waals surface area contributed by atoms with Gasteiger partial charge in [0.05, 0.1) is 53.7 Å². The predicted molar refractivity (Wildman–Crippen MR) is 251 cm³/mol. The van der Waals surface area contributed by atoms with Gasteiger partial charge < -0.3 is 64.2 Å². The lowest BCUT2D eigenvalue weighted by Crippen LogP contribution is -2.60. The Morgan fingerprint density at radius 3 is 2.26 bits per heavy atom. The molecule has 4 fully saturated rings. The average molecular weight is 976 g/mol. The molecule has 3 aliphatic heterocycles. The van der Waals surface area contributed by atoms with Crippen LogP contribution in [0.4, 0.5) is 10.1 Å². The van der Waals surface area contributed by atoms with E-state index < -0.39 is 118 Å². The Balaban J connectivity index is 1.25. The van der Waals surface area contributed by atoms with E-state index in [1.807, 2.05) is 35.7 Å². The molecule has 0 bridgehead atoms. The third kappa shape index (κ3) is 11.8. The number of nitrogens with one attached hydrogen (secondary N) is 1. The van der Waals surface area contributed by atoms with E-state index in [0.29, 0.717) is 38.1 Å². The molecule has 20 heteroatoms. The Morgan fingerprint density at radius 1 is 1.01 bits per heavy atom. The first-order valence-electron chi connectivity index (χ1n) is 24.3. The van der Waals surface area contributed by atoms with Gasteiger partial charge in [0.25, 0.3) is 0 Å². The minimum Gasteiger partial charge on any atom is -0.477 e. The maximum absolute atomic E-state index is 15.8. The van der Waals surface area contributed by atoms with Crippen molar-refractivity contribution in [2.24, 2.45) is 17.8 Å². The third-order valence-electron chi connectivity index (χ3n) is 14.8. The average Bonchev–Trinajstić information content (AvgIpc) is 4.14. The second-order valence-corrected chi connectivity index (χ2v) is 20.7. The Hall–Kier alpha value is -4.12. The number of aliphatic hydroxyl groups is 4. The maximum atomic E-state index is 15.8. The fraction of sp³-hybridized carbons (Fsp3) is 0.735. The molecule has 1 amide bonds. The Bertz CT molecular complexity index is 2250. The molecule has 0 spiro atoms. The number of aliphatic hydroxyl groups excluding tert-OH is 3. The summed E-state index contributed by atoms with van der Waals surface area (Å²) in [6, 6.07) is 1.61. The first-order valence-corrected chi connectivity index (χ1v) is 24.3. The number of aromatic nitrogens is 1. The van der Waals surface area contributed by atoms with Gasteiger partial charge in [0.1, 0.15) is 35.1 Å². The Kier molecular flexibility index (Phi) is 17.1. The van der Waals surface area contributed by atoms with Gasteiger partial charge in [-0.3, -0.25) is 24.1 Å². The zero-order chi connectivity index (χ0) is 51.0. The van der Waals surface area contributed by atoms with Gasteiger partial charge in [0, 0.05) is 68.4 Å². The number of carbonyl (C=O) groups excluding carboxylic acids is 3. The van der Waals surface area contributed by atoms with Gasteiger partial charge in [0.15, 0.2) is 12.1 Å². The highest BCUT2D eigenvalue weighted by atomic mass is 19.1. The lowest BCUT2D eigenvalue weighted by atomic mass is 9.79. The minimum atomic E-state index is -2.08. The van der Waals surface area contributed by atoms with Crippen LogP contribution in [0.2, 0.25) is 0 Å². The molecule has 6 rings (SSSR count). The molecule has 3 saturated heterocycles. The number of anilines is 1. The lowest BCUT2D eigenvalue weighted by molar-refractivity contribution is -0.298. The van der Waals surface area contributed by atoms with Crippen LogP contribution in [-0.4, -0.2) is 183 Å². The molecule has 69 heavy (non-hydrogen) atoms. The number of hydrogen-bond donors (Lipinski definition) is 6. The number of aromatic carboxylic acids is 1. The molecule has 6 N–H and O–H groups in total. The number of nitrogens with zero attached hydrogens (tertiary/aromatic N) is 4. The summed E-state index contributed by atoms with van der Waals surface area (Å²) in [6.07, 6.45) is -4.73.